The Balaban J connectivity index is 1.92. The van der Waals surface area contributed by atoms with Gasteiger partial charge in [0.25, 0.3) is 0 Å². The summed E-state index contributed by atoms with van der Waals surface area (Å²) in [4.78, 5) is 0. The first-order valence-electron chi connectivity index (χ1n) is 5.51. The molecule has 0 aromatic carbocycles. The molecule has 0 aliphatic heterocycles. The van der Waals surface area contributed by atoms with Crippen LogP contribution in [0.2, 0.25) is 0 Å². The van der Waals surface area contributed by atoms with Gasteiger partial charge in [-0.3, -0.25) is 0 Å². The van der Waals surface area contributed by atoms with Gasteiger partial charge >= 0.3 is 0 Å². The molecule has 2 aliphatic carbocycles. The maximum atomic E-state index is 2.50. The second-order valence-electron chi connectivity index (χ2n) is 4.14. The molecule has 12 heavy (non-hydrogen) atoms. The summed E-state index contributed by atoms with van der Waals surface area (Å²) < 4.78 is 0. The van der Waals surface area contributed by atoms with Crippen LogP contribution in [0, 0.1) is 5.92 Å². The normalized spacial score (nSPS) is 26.8. The van der Waals surface area contributed by atoms with Gasteiger partial charge in [-0.25, -0.2) is 0 Å². The van der Waals surface area contributed by atoms with Gasteiger partial charge in [0.15, 0.2) is 0 Å². The van der Waals surface area contributed by atoms with Crippen LogP contribution >= 0.6 is 0 Å². The molecule has 2 rings (SSSR count). The Labute approximate surface area is 76.1 Å². The molecular weight excluding hydrogens is 144 g/mol. The Hall–Kier alpha value is -0.260. The minimum Gasteiger partial charge on any atom is -0.0847 e. The van der Waals surface area contributed by atoms with Gasteiger partial charge in [-0.1, -0.05) is 30.9 Å². The molecule has 0 aromatic rings. The zero-order chi connectivity index (χ0) is 8.23. The minimum absolute atomic E-state index is 1.35. The maximum Gasteiger partial charge on any atom is 0.000545 e. The summed E-state index contributed by atoms with van der Waals surface area (Å²) in [6, 6.07) is 0. The Morgan fingerprint density at radius 1 is 0.750 bits per heavy atom. The number of allylic oxidation sites excluding steroid dienone is 2. The number of hydrogen-bond donors (Lipinski definition) is 0. The van der Waals surface area contributed by atoms with Crippen molar-refractivity contribution in [2.45, 2.75) is 57.8 Å². The average molecular weight is 163 g/mol. The molecule has 67 valence electrons. The lowest BCUT2D eigenvalue weighted by molar-refractivity contribution is 0.530. The summed E-state index contributed by atoms with van der Waals surface area (Å²) in [7, 11) is 0. The van der Waals surface area contributed by atoms with Crippen molar-refractivity contribution in [3.63, 3.8) is 0 Å². The SMILES string of the molecule is C1=C([C]2CCCCC2)CCCC1. The second kappa shape index (κ2) is 4.11. The van der Waals surface area contributed by atoms with E-state index in [-0.39, 0.29) is 0 Å². The van der Waals surface area contributed by atoms with E-state index >= 15 is 0 Å². The van der Waals surface area contributed by atoms with E-state index in [0.717, 1.165) is 0 Å². The molecule has 1 saturated carbocycles. The third-order valence-corrected chi connectivity index (χ3v) is 3.20. The summed E-state index contributed by atoms with van der Waals surface area (Å²) >= 11 is 0. The van der Waals surface area contributed by atoms with Crippen LogP contribution in [-0.4, -0.2) is 0 Å². The van der Waals surface area contributed by atoms with Crippen molar-refractivity contribution < 1.29 is 0 Å². The zero-order valence-corrected chi connectivity index (χ0v) is 7.94. The van der Waals surface area contributed by atoms with Crippen molar-refractivity contribution in [3.8, 4) is 0 Å². The molecule has 0 heteroatoms. The maximum absolute atomic E-state index is 2.50. The van der Waals surface area contributed by atoms with E-state index in [4.69, 9.17) is 0 Å². The molecule has 2 aliphatic rings. The van der Waals surface area contributed by atoms with Crippen LogP contribution in [0.4, 0.5) is 0 Å². The third kappa shape index (κ3) is 1.91. The quantitative estimate of drug-likeness (QED) is 0.547. The number of hydrogen-bond acceptors (Lipinski definition) is 0. The van der Waals surface area contributed by atoms with Crippen LogP contribution in [0.3, 0.4) is 0 Å². The number of rotatable bonds is 1. The molecule has 0 saturated heterocycles. The second-order valence-corrected chi connectivity index (χ2v) is 4.14. The topological polar surface area (TPSA) is 0 Å². The van der Waals surface area contributed by atoms with Gasteiger partial charge in [0, 0.05) is 5.92 Å². The molecule has 0 unspecified atom stereocenters. The molecule has 0 N–H and O–H groups in total. The standard InChI is InChI=1S/C12H19/c1-3-7-11(8-4-1)12-9-5-2-6-10-12/h7H,1-6,8-10H2. The van der Waals surface area contributed by atoms with Crippen LogP contribution in [0.25, 0.3) is 0 Å². The lowest BCUT2D eigenvalue weighted by atomic mass is 9.80. The van der Waals surface area contributed by atoms with Gasteiger partial charge in [-0.15, -0.1) is 0 Å². The van der Waals surface area contributed by atoms with E-state index < -0.39 is 0 Å². The fourth-order valence-electron chi connectivity index (χ4n) is 2.46. The van der Waals surface area contributed by atoms with Crippen molar-refractivity contribution >= 4 is 0 Å². The summed E-state index contributed by atoms with van der Waals surface area (Å²) in [6.07, 6.45) is 15.3. The van der Waals surface area contributed by atoms with Crippen molar-refractivity contribution in [1.29, 1.82) is 0 Å². The van der Waals surface area contributed by atoms with Crippen molar-refractivity contribution in [1.82, 2.24) is 0 Å². The van der Waals surface area contributed by atoms with Gasteiger partial charge < -0.3 is 0 Å². The summed E-state index contributed by atoms with van der Waals surface area (Å²) in [5.41, 5.74) is 1.74. The Bertz CT molecular complexity index is 161. The first-order valence-corrected chi connectivity index (χ1v) is 5.51. The molecule has 0 aromatic heterocycles. The predicted octanol–water partition coefficient (Wildman–Crippen LogP) is 4.03. The van der Waals surface area contributed by atoms with Crippen molar-refractivity contribution in [3.05, 3.63) is 17.6 Å². The third-order valence-electron chi connectivity index (χ3n) is 3.20. The van der Waals surface area contributed by atoms with Crippen molar-refractivity contribution in [2.75, 3.05) is 0 Å². The zero-order valence-electron chi connectivity index (χ0n) is 7.94. The smallest absolute Gasteiger partial charge is 0.000545 e. The van der Waals surface area contributed by atoms with Gasteiger partial charge in [-0.05, 0) is 38.5 Å². The van der Waals surface area contributed by atoms with Gasteiger partial charge in [0.1, 0.15) is 0 Å². The predicted molar refractivity (Wildman–Crippen MR) is 52.9 cm³/mol. The molecule has 0 bridgehead atoms. The Morgan fingerprint density at radius 2 is 1.50 bits per heavy atom. The lowest BCUT2D eigenvalue weighted by Gasteiger charge is -2.25. The first-order chi connectivity index (χ1) is 5.97. The summed E-state index contributed by atoms with van der Waals surface area (Å²) in [5, 5.41) is 0. The van der Waals surface area contributed by atoms with Gasteiger partial charge in [0.2, 0.25) is 0 Å². The first kappa shape index (κ1) is 8.34. The molecule has 1 radical (unpaired) electrons. The fourth-order valence-corrected chi connectivity index (χ4v) is 2.46. The highest BCUT2D eigenvalue weighted by Gasteiger charge is 2.18. The average Bonchev–Trinajstić information content (AvgIpc) is 2.21. The molecule has 0 atom stereocenters. The summed E-state index contributed by atoms with van der Waals surface area (Å²) in [5.74, 6) is 1.81. The minimum atomic E-state index is 1.35. The van der Waals surface area contributed by atoms with Crippen molar-refractivity contribution in [2.24, 2.45) is 0 Å². The van der Waals surface area contributed by atoms with E-state index in [2.05, 4.69) is 6.08 Å². The Kier molecular flexibility index (Phi) is 2.86. The molecular formula is C12H19. The monoisotopic (exact) mass is 163 g/mol. The van der Waals surface area contributed by atoms with E-state index in [9.17, 15) is 0 Å². The molecule has 0 spiro atoms. The van der Waals surface area contributed by atoms with Crippen LogP contribution in [0.15, 0.2) is 11.6 Å². The van der Waals surface area contributed by atoms with Crippen LogP contribution in [0.1, 0.15) is 57.8 Å². The molecule has 0 amide bonds. The van der Waals surface area contributed by atoms with E-state index in [0.29, 0.717) is 0 Å². The van der Waals surface area contributed by atoms with Crippen LogP contribution in [0.5, 0.6) is 0 Å². The lowest BCUT2D eigenvalue weighted by Crippen LogP contribution is -2.08. The van der Waals surface area contributed by atoms with Gasteiger partial charge in [-0.2, -0.15) is 0 Å². The summed E-state index contributed by atoms with van der Waals surface area (Å²) in [6.45, 7) is 0. The molecule has 1 fully saturated rings. The van der Waals surface area contributed by atoms with E-state index in [1.165, 1.54) is 57.8 Å². The molecule has 0 heterocycles. The van der Waals surface area contributed by atoms with Crippen LogP contribution in [-0.2, 0) is 0 Å². The highest BCUT2D eigenvalue weighted by atomic mass is 14.2. The highest BCUT2D eigenvalue weighted by molar-refractivity contribution is 5.26. The van der Waals surface area contributed by atoms with E-state index in [1.54, 1.807) is 11.5 Å². The Morgan fingerprint density at radius 3 is 2.17 bits per heavy atom. The van der Waals surface area contributed by atoms with Gasteiger partial charge in [0.05, 0.1) is 0 Å². The fraction of sp³-hybridized carbons (Fsp3) is 0.750. The van der Waals surface area contributed by atoms with E-state index in [1.807, 2.05) is 0 Å². The van der Waals surface area contributed by atoms with Crippen LogP contribution < -0.4 is 0 Å². The molecule has 0 nitrogen and oxygen atoms in total. The highest BCUT2D eigenvalue weighted by Crippen LogP contribution is 2.36. The largest absolute Gasteiger partial charge is 0.0847 e.